The van der Waals surface area contributed by atoms with Crippen molar-refractivity contribution in [3.8, 4) is 5.75 Å². The Bertz CT molecular complexity index is 629. The highest BCUT2D eigenvalue weighted by atomic mass is 16.5. The molecule has 0 spiro atoms. The van der Waals surface area contributed by atoms with Gasteiger partial charge in [-0.05, 0) is 80.9 Å². The molecule has 1 amide bonds. The molecule has 0 aromatic heterocycles. The summed E-state index contributed by atoms with van der Waals surface area (Å²) in [6.45, 7) is 2.11. The minimum Gasteiger partial charge on any atom is -0.497 e. The first-order valence-electron chi connectivity index (χ1n) is 10.0. The van der Waals surface area contributed by atoms with Crippen LogP contribution in [0.2, 0.25) is 0 Å². The molecule has 26 heavy (non-hydrogen) atoms. The Kier molecular flexibility index (Phi) is 4.50. The van der Waals surface area contributed by atoms with Crippen LogP contribution in [0.1, 0.15) is 51.0 Å². The fourth-order valence-electron chi connectivity index (χ4n) is 6.09. The highest BCUT2D eigenvalue weighted by molar-refractivity contribution is 5.83. The number of aliphatic hydroxyl groups is 1. The molecule has 4 nitrogen and oxygen atoms in total. The van der Waals surface area contributed by atoms with Crippen LogP contribution >= 0.6 is 0 Å². The molecule has 142 valence electrons. The number of hydrogen-bond acceptors (Lipinski definition) is 3. The van der Waals surface area contributed by atoms with Gasteiger partial charge in [0.2, 0.25) is 5.91 Å². The van der Waals surface area contributed by atoms with E-state index in [1.807, 2.05) is 24.3 Å². The number of methoxy groups -OCH3 is 1. The van der Waals surface area contributed by atoms with E-state index in [4.69, 9.17) is 4.74 Å². The highest BCUT2D eigenvalue weighted by Crippen LogP contribution is 2.60. The van der Waals surface area contributed by atoms with E-state index in [0.717, 1.165) is 48.3 Å². The third kappa shape index (κ3) is 3.48. The lowest BCUT2D eigenvalue weighted by molar-refractivity contribution is -0.147. The Balaban J connectivity index is 1.36. The van der Waals surface area contributed by atoms with Crippen LogP contribution in [-0.4, -0.2) is 30.3 Å². The number of rotatable bonds is 6. The Labute approximate surface area is 156 Å². The van der Waals surface area contributed by atoms with Gasteiger partial charge < -0.3 is 15.2 Å². The minimum atomic E-state index is -0.952. The molecule has 4 saturated carbocycles. The van der Waals surface area contributed by atoms with Crippen molar-refractivity contribution in [1.29, 1.82) is 0 Å². The molecule has 5 rings (SSSR count). The van der Waals surface area contributed by atoms with Crippen LogP contribution in [0, 0.1) is 23.2 Å². The van der Waals surface area contributed by atoms with Gasteiger partial charge >= 0.3 is 0 Å². The molecule has 0 radical (unpaired) electrons. The van der Waals surface area contributed by atoms with E-state index in [-0.39, 0.29) is 11.3 Å². The van der Waals surface area contributed by atoms with E-state index in [9.17, 15) is 9.90 Å². The second-order valence-electron chi connectivity index (χ2n) is 9.40. The summed E-state index contributed by atoms with van der Waals surface area (Å²) in [6.07, 6.45) is 7.70. The van der Waals surface area contributed by atoms with Gasteiger partial charge in [-0.15, -0.1) is 0 Å². The first-order chi connectivity index (χ1) is 12.4. The average molecular weight is 357 g/mol. The number of amides is 1. The molecule has 2 N–H and O–H groups in total. The maximum absolute atomic E-state index is 13.0. The van der Waals surface area contributed by atoms with Gasteiger partial charge in [-0.2, -0.15) is 0 Å². The molecule has 0 unspecified atom stereocenters. The largest absolute Gasteiger partial charge is 0.497 e. The molecule has 0 saturated heterocycles. The van der Waals surface area contributed by atoms with Gasteiger partial charge in [0.25, 0.3) is 0 Å². The monoisotopic (exact) mass is 357 g/mol. The number of ether oxygens (including phenoxy) is 1. The SMILES string of the molecule is COc1ccc(C[C@](C)(O)CNC(=O)C23CC4CC(CC(C4)C2)C3)cc1. The quantitative estimate of drug-likeness (QED) is 0.821. The predicted octanol–water partition coefficient (Wildman–Crippen LogP) is 3.32. The van der Waals surface area contributed by atoms with E-state index in [2.05, 4.69) is 5.32 Å². The van der Waals surface area contributed by atoms with Gasteiger partial charge in [0.05, 0.1) is 12.7 Å². The summed E-state index contributed by atoms with van der Waals surface area (Å²) in [5.41, 5.74) is -0.0582. The fraction of sp³-hybridized carbons (Fsp3) is 0.682. The summed E-state index contributed by atoms with van der Waals surface area (Å²) in [4.78, 5) is 13.0. The summed E-state index contributed by atoms with van der Waals surface area (Å²) in [5, 5.41) is 13.9. The van der Waals surface area contributed by atoms with Gasteiger partial charge in [-0.3, -0.25) is 4.79 Å². The third-order valence-corrected chi connectivity index (χ3v) is 6.89. The number of carbonyl (C=O) groups is 1. The van der Waals surface area contributed by atoms with Gasteiger partial charge in [-0.1, -0.05) is 12.1 Å². The van der Waals surface area contributed by atoms with Crippen LogP contribution in [0.15, 0.2) is 24.3 Å². The number of benzene rings is 1. The first kappa shape index (κ1) is 17.8. The molecule has 1 atom stereocenters. The predicted molar refractivity (Wildman–Crippen MR) is 101 cm³/mol. The van der Waals surface area contributed by atoms with Crippen LogP contribution in [-0.2, 0) is 11.2 Å². The van der Waals surface area contributed by atoms with Gasteiger partial charge in [0, 0.05) is 18.4 Å². The van der Waals surface area contributed by atoms with Crippen LogP contribution < -0.4 is 10.1 Å². The maximum atomic E-state index is 13.0. The average Bonchev–Trinajstić information content (AvgIpc) is 2.59. The van der Waals surface area contributed by atoms with Crippen LogP contribution in [0.4, 0.5) is 0 Å². The van der Waals surface area contributed by atoms with Crippen molar-refractivity contribution >= 4 is 5.91 Å². The van der Waals surface area contributed by atoms with Crippen LogP contribution in [0.25, 0.3) is 0 Å². The fourth-order valence-corrected chi connectivity index (χ4v) is 6.09. The standard InChI is InChI=1S/C22H31NO3/c1-21(25,10-15-3-5-19(26-2)6-4-15)14-23-20(24)22-11-16-7-17(12-22)9-18(8-16)13-22/h3-6,16-18,25H,7-14H2,1-2H3,(H,23,24)/t16?,17?,18?,21-,22?/m0/s1. The zero-order valence-electron chi connectivity index (χ0n) is 16.0. The van der Waals surface area contributed by atoms with E-state index < -0.39 is 5.60 Å². The van der Waals surface area contributed by atoms with Gasteiger partial charge in [0.15, 0.2) is 0 Å². The second-order valence-corrected chi connectivity index (χ2v) is 9.40. The molecule has 4 heteroatoms. The lowest BCUT2D eigenvalue weighted by Crippen LogP contribution is -2.55. The molecular weight excluding hydrogens is 326 g/mol. The highest BCUT2D eigenvalue weighted by Gasteiger charge is 2.54. The summed E-state index contributed by atoms with van der Waals surface area (Å²) >= 11 is 0. The van der Waals surface area contributed by atoms with E-state index in [0.29, 0.717) is 13.0 Å². The summed E-state index contributed by atoms with van der Waals surface area (Å²) in [6, 6.07) is 7.74. The molecule has 4 fully saturated rings. The number of carbonyl (C=O) groups excluding carboxylic acids is 1. The van der Waals surface area contributed by atoms with Crippen LogP contribution in [0.3, 0.4) is 0 Å². The second kappa shape index (κ2) is 6.56. The Hall–Kier alpha value is -1.55. The first-order valence-corrected chi connectivity index (χ1v) is 10.0. The lowest BCUT2D eigenvalue weighted by Gasteiger charge is -2.55. The summed E-state index contributed by atoms with van der Waals surface area (Å²) in [5.74, 6) is 3.26. The Morgan fingerprint density at radius 2 is 1.69 bits per heavy atom. The van der Waals surface area contributed by atoms with Crippen molar-refractivity contribution in [1.82, 2.24) is 5.32 Å². The summed E-state index contributed by atoms with van der Waals surface area (Å²) < 4.78 is 5.18. The van der Waals surface area contributed by atoms with Crippen molar-refractivity contribution in [2.24, 2.45) is 23.2 Å². The van der Waals surface area contributed by atoms with Crippen molar-refractivity contribution < 1.29 is 14.6 Å². The molecule has 1 aromatic rings. The van der Waals surface area contributed by atoms with Crippen molar-refractivity contribution in [2.45, 2.75) is 57.5 Å². The van der Waals surface area contributed by atoms with Crippen molar-refractivity contribution in [3.63, 3.8) is 0 Å². The minimum absolute atomic E-state index is 0.148. The van der Waals surface area contributed by atoms with Gasteiger partial charge in [0.1, 0.15) is 5.75 Å². The molecule has 4 aliphatic rings. The molecule has 1 aromatic carbocycles. The Morgan fingerprint density at radius 1 is 1.15 bits per heavy atom. The normalized spacial score (nSPS) is 34.3. The molecule has 0 aliphatic heterocycles. The van der Waals surface area contributed by atoms with E-state index >= 15 is 0 Å². The zero-order valence-corrected chi connectivity index (χ0v) is 16.0. The zero-order chi connectivity index (χ0) is 18.4. The number of hydrogen-bond donors (Lipinski definition) is 2. The smallest absolute Gasteiger partial charge is 0.226 e. The van der Waals surface area contributed by atoms with Gasteiger partial charge in [-0.25, -0.2) is 0 Å². The molecule has 4 bridgehead atoms. The van der Waals surface area contributed by atoms with Crippen LogP contribution in [0.5, 0.6) is 5.75 Å². The molecular formula is C22H31NO3. The summed E-state index contributed by atoms with van der Waals surface area (Å²) in [7, 11) is 1.64. The maximum Gasteiger partial charge on any atom is 0.226 e. The van der Waals surface area contributed by atoms with Crippen molar-refractivity contribution in [3.05, 3.63) is 29.8 Å². The van der Waals surface area contributed by atoms with E-state index in [1.54, 1.807) is 14.0 Å². The molecule has 0 heterocycles. The lowest BCUT2D eigenvalue weighted by atomic mass is 9.49. The Morgan fingerprint density at radius 3 is 2.19 bits per heavy atom. The van der Waals surface area contributed by atoms with E-state index in [1.165, 1.54) is 19.3 Å². The topological polar surface area (TPSA) is 58.6 Å². The third-order valence-electron chi connectivity index (χ3n) is 6.89. The number of nitrogens with one attached hydrogen (secondary N) is 1. The van der Waals surface area contributed by atoms with Crippen molar-refractivity contribution in [2.75, 3.05) is 13.7 Å². The molecule has 4 aliphatic carbocycles.